The Morgan fingerprint density at radius 1 is 1.07 bits per heavy atom. The monoisotopic (exact) mass is 392 g/mol. The predicted octanol–water partition coefficient (Wildman–Crippen LogP) is 5.17. The fourth-order valence-electron chi connectivity index (χ4n) is 2.49. The summed E-state index contributed by atoms with van der Waals surface area (Å²) in [6.45, 7) is -0.0771. The third-order valence-electron chi connectivity index (χ3n) is 3.83. The van der Waals surface area contributed by atoms with Crippen LogP contribution in [0.15, 0.2) is 52.9 Å². The molecule has 140 valence electrons. The van der Waals surface area contributed by atoms with Crippen molar-refractivity contribution in [1.82, 2.24) is 0 Å². The van der Waals surface area contributed by atoms with Gasteiger partial charge in [-0.25, -0.2) is 13.6 Å². The minimum absolute atomic E-state index is 0.0771. The second-order valence-corrected chi connectivity index (χ2v) is 6.15. The van der Waals surface area contributed by atoms with Crippen LogP contribution in [0, 0.1) is 11.6 Å². The maximum atomic E-state index is 13.8. The first-order valence-corrected chi connectivity index (χ1v) is 8.36. The van der Waals surface area contributed by atoms with Crippen LogP contribution in [0.3, 0.4) is 0 Å². The molecule has 0 aliphatic carbocycles. The van der Waals surface area contributed by atoms with E-state index in [0.717, 1.165) is 6.07 Å². The van der Waals surface area contributed by atoms with Gasteiger partial charge < -0.3 is 13.9 Å². The molecule has 0 fully saturated rings. The first-order valence-electron chi connectivity index (χ1n) is 7.98. The zero-order valence-corrected chi connectivity index (χ0v) is 15.1. The summed E-state index contributed by atoms with van der Waals surface area (Å²) in [6, 6.07) is 11.5. The number of carbonyl (C=O) groups excluding carboxylic acids is 1. The van der Waals surface area contributed by atoms with Crippen molar-refractivity contribution in [2.75, 3.05) is 7.11 Å². The fourth-order valence-corrected chi connectivity index (χ4v) is 2.69. The molecule has 2 aromatic carbocycles. The van der Waals surface area contributed by atoms with Gasteiger partial charge in [0.25, 0.3) is 0 Å². The fraction of sp³-hybridized carbons (Fsp3) is 0.150. The molecule has 0 saturated heterocycles. The number of benzene rings is 2. The van der Waals surface area contributed by atoms with Crippen LogP contribution in [0.1, 0.15) is 27.4 Å². The van der Waals surface area contributed by atoms with E-state index in [0.29, 0.717) is 28.5 Å². The minimum Gasteiger partial charge on any atom is -0.488 e. The molecule has 0 amide bonds. The van der Waals surface area contributed by atoms with Crippen LogP contribution in [0.5, 0.6) is 5.75 Å². The number of rotatable bonds is 6. The first kappa shape index (κ1) is 18.9. The lowest BCUT2D eigenvalue weighted by atomic mass is 10.1. The van der Waals surface area contributed by atoms with E-state index in [4.69, 9.17) is 20.8 Å². The summed E-state index contributed by atoms with van der Waals surface area (Å²) in [5.41, 5.74) is 0.916. The van der Waals surface area contributed by atoms with Crippen molar-refractivity contribution in [2.45, 2.75) is 13.0 Å². The lowest BCUT2D eigenvalue weighted by molar-refractivity contribution is 0.0563. The van der Waals surface area contributed by atoms with Gasteiger partial charge in [0.15, 0.2) is 0 Å². The number of esters is 1. The molecule has 0 bridgehead atoms. The van der Waals surface area contributed by atoms with Crippen molar-refractivity contribution in [3.05, 3.63) is 87.8 Å². The van der Waals surface area contributed by atoms with E-state index in [1.54, 1.807) is 24.3 Å². The third-order valence-corrected chi connectivity index (χ3v) is 4.07. The standard InChI is InChI=1S/C20H15ClF2O4/c1-25-20(24)19-7-5-16(27-19)9-13-8-14(21)3-6-18(13)26-11-12-2-4-15(22)10-17(12)23/h2-8,10H,9,11H2,1H3. The predicted molar refractivity (Wildman–Crippen MR) is 95.0 cm³/mol. The van der Waals surface area contributed by atoms with E-state index in [-0.39, 0.29) is 17.9 Å². The number of hydrogen-bond donors (Lipinski definition) is 0. The van der Waals surface area contributed by atoms with Gasteiger partial charge in [-0.15, -0.1) is 0 Å². The molecule has 1 aromatic heterocycles. The molecule has 0 spiro atoms. The van der Waals surface area contributed by atoms with Gasteiger partial charge in [0.2, 0.25) is 5.76 Å². The summed E-state index contributed by atoms with van der Waals surface area (Å²) in [7, 11) is 1.27. The number of furan rings is 1. The number of ether oxygens (including phenoxy) is 2. The van der Waals surface area contributed by atoms with Crippen molar-refractivity contribution in [2.24, 2.45) is 0 Å². The molecule has 27 heavy (non-hydrogen) atoms. The average molecular weight is 393 g/mol. The Hall–Kier alpha value is -2.86. The van der Waals surface area contributed by atoms with Crippen molar-refractivity contribution in [3.8, 4) is 5.75 Å². The summed E-state index contributed by atoms with van der Waals surface area (Å²) in [4.78, 5) is 11.5. The highest BCUT2D eigenvalue weighted by molar-refractivity contribution is 6.30. The molecule has 4 nitrogen and oxygen atoms in total. The second-order valence-electron chi connectivity index (χ2n) is 5.71. The van der Waals surface area contributed by atoms with Crippen molar-refractivity contribution >= 4 is 17.6 Å². The zero-order chi connectivity index (χ0) is 19.4. The van der Waals surface area contributed by atoms with Gasteiger partial charge >= 0.3 is 5.97 Å². The molecule has 3 aromatic rings. The van der Waals surface area contributed by atoms with Crippen LogP contribution in [0.2, 0.25) is 5.02 Å². The molecule has 0 atom stereocenters. The first-order chi connectivity index (χ1) is 13.0. The molecule has 0 aliphatic heterocycles. The molecule has 0 N–H and O–H groups in total. The van der Waals surface area contributed by atoms with Crippen LogP contribution in [-0.2, 0) is 17.8 Å². The number of methoxy groups -OCH3 is 1. The van der Waals surface area contributed by atoms with Gasteiger partial charge in [-0.2, -0.15) is 0 Å². The second kappa shape index (κ2) is 8.22. The Bertz CT molecular complexity index is 968. The lowest BCUT2D eigenvalue weighted by Gasteiger charge is -2.12. The number of hydrogen-bond acceptors (Lipinski definition) is 4. The van der Waals surface area contributed by atoms with Gasteiger partial charge in [-0.3, -0.25) is 0 Å². The quantitative estimate of drug-likeness (QED) is 0.543. The van der Waals surface area contributed by atoms with Gasteiger partial charge in [-0.05, 0) is 42.5 Å². The van der Waals surface area contributed by atoms with Crippen LogP contribution in [0.4, 0.5) is 8.78 Å². The van der Waals surface area contributed by atoms with Crippen LogP contribution in [0.25, 0.3) is 0 Å². The maximum absolute atomic E-state index is 13.8. The molecule has 0 saturated carbocycles. The normalized spacial score (nSPS) is 10.7. The Labute approximate surface area is 159 Å². The largest absolute Gasteiger partial charge is 0.488 e. The highest BCUT2D eigenvalue weighted by Gasteiger charge is 2.14. The Morgan fingerprint density at radius 3 is 2.63 bits per heavy atom. The number of carbonyl (C=O) groups is 1. The van der Waals surface area contributed by atoms with E-state index in [1.165, 1.54) is 25.3 Å². The molecule has 1 heterocycles. The summed E-state index contributed by atoms with van der Waals surface area (Å²) >= 11 is 6.06. The van der Waals surface area contributed by atoms with Gasteiger partial charge in [0.05, 0.1) is 7.11 Å². The van der Waals surface area contributed by atoms with Gasteiger partial charge in [0, 0.05) is 28.6 Å². The van der Waals surface area contributed by atoms with Crippen LogP contribution >= 0.6 is 11.6 Å². The van der Waals surface area contributed by atoms with Gasteiger partial charge in [-0.1, -0.05) is 11.6 Å². The molecule has 3 rings (SSSR count). The van der Waals surface area contributed by atoms with Crippen molar-refractivity contribution in [1.29, 1.82) is 0 Å². The molecule has 0 radical (unpaired) electrons. The van der Waals surface area contributed by atoms with E-state index in [9.17, 15) is 13.6 Å². The van der Waals surface area contributed by atoms with E-state index in [2.05, 4.69) is 4.74 Å². The SMILES string of the molecule is COC(=O)c1ccc(Cc2cc(Cl)ccc2OCc2ccc(F)cc2F)o1. The van der Waals surface area contributed by atoms with E-state index >= 15 is 0 Å². The minimum atomic E-state index is -0.681. The molecule has 0 unspecified atom stereocenters. The topological polar surface area (TPSA) is 48.7 Å². The van der Waals surface area contributed by atoms with Gasteiger partial charge in [0.1, 0.15) is 29.8 Å². The third kappa shape index (κ3) is 4.65. The van der Waals surface area contributed by atoms with E-state index < -0.39 is 17.6 Å². The highest BCUT2D eigenvalue weighted by Crippen LogP contribution is 2.27. The molecule has 0 aliphatic rings. The summed E-state index contributed by atoms with van der Waals surface area (Å²) < 4.78 is 42.5. The molecule has 7 heteroatoms. The number of halogens is 3. The summed E-state index contributed by atoms with van der Waals surface area (Å²) in [5.74, 6) is -0.836. The summed E-state index contributed by atoms with van der Waals surface area (Å²) in [6.07, 6.45) is 0.304. The lowest BCUT2D eigenvalue weighted by Crippen LogP contribution is -2.02. The zero-order valence-electron chi connectivity index (χ0n) is 14.3. The summed E-state index contributed by atoms with van der Waals surface area (Å²) in [5, 5.41) is 0.491. The van der Waals surface area contributed by atoms with Crippen molar-refractivity contribution in [3.63, 3.8) is 0 Å². The average Bonchev–Trinajstić information content (AvgIpc) is 3.10. The molecular weight excluding hydrogens is 378 g/mol. The smallest absolute Gasteiger partial charge is 0.373 e. The Balaban J connectivity index is 1.78. The van der Waals surface area contributed by atoms with Crippen LogP contribution < -0.4 is 4.74 Å². The highest BCUT2D eigenvalue weighted by atomic mass is 35.5. The van der Waals surface area contributed by atoms with Crippen LogP contribution in [-0.4, -0.2) is 13.1 Å². The van der Waals surface area contributed by atoms with Crippen molar-refractivity contribution < 1.29 is 27.5 Å². The Kier molecular flexibility index (Phi) is 5.76. The Morgan fingerprint density at radius 2 is 1.89 bits per heavy atom. The van der Waals surface area contributed by atoms with E-state index in [1.807, 2.05) is 0 Å². The molecular formula is C20H15ClF2O4. The maximum Gasteiger partial charge on any atom is 0.373 e.